The quantitative estimate of drug-likeness (QED) is 0.893. The van der Waals surface area contributed by atoms with E-state index in [1.807, 2.05) is 0 Å². The third-order valence-electron chi connectivity index (χ3n) is 3.18. The Morgan fingerprint density at radius 2 is 2.17 bits per heavy atom. The van der Waals surface area contributed by atoms with Gasteiger partial charge in [-0.15, -0.1) is 12.4 Å². The maximum Gasteiger partial charge on any atom is 0.422 e. The molecule has 2 aromatic rings. The minimum atomic E-state index is -4.61. The molecule has 1 aliphatic rings. The second-order valence-corrected chi connectivity index (χ2v) is 4.79. The number of hydrogen-bond donors (Lipinski definition) is 1. The number of alkyl halides is 3. The van der Waals surface area contributed by atoms with Crippen LogP contribution >= 0.6 is 12.4 Å². The maximum atomic E-state index is 12.7. The van der Waals surface area contributed by atoms with Gasteiger partial charge in [0.25, 0.3) is 5.91 Å². The molecule has 2 N–H and O–H groups in total. The molecule has 24 heavy (non-hydrogen) atoms. The minimum absolute atomic E-state index is 0. The number of carbonyl (C=O) groups excluding carboxylic acids is 1. The molecule has 0 spiro atoms. The first-order valence-electron chi connectivity index (χ1n) is 8.64. The van der Waals surface area contributed by atoms with E-state index in [9.17, 15) is 18.0 Å². The van der Waals surface area contributed by atoms with Gasteiger partial charge in [0.05, 0.1) is 16.4 Å². The number of nitrogens with zero attached hydrogens (tertiary/aromatic N) is 3. The third-order valence-corrected chi connectivity index (χ3v) is 3.18. The van der Waals surface area contributed by atoms with E-state index in [4.69, 9.17) is 11.2 Å². The summed E-state index contributed by atoms with van der Waals surface area (Å²) in [6, 6.07) is 2.42. The van der Waals surface area contributed by atoms with Crippen molar-refractivity contribution >= 4 is 29.2 Å². The van der Waals surface area contributed by atoms with Crippen molar-refractivity contribution in [2.75, 3.05) is 26.2 Å². The molecule has 0 atom stereocenters. The zero-order valence-electron chi connectivity index (χ0n) is 16.1. The fourth-order valence-corrected chi connectivity index (χ4v) is 2.24. The molecule has 6 nitrogen and oxygen atoms in total. The third kappa shape index (κ3) is 3.41. The van der Waals surface area contributed by atoms with Gasteiger partial charge in [-0.1, -0.05) is 0 Å². The molecule has 0 aromatic carbocycles. The summed E-state index contributed by atoms with van der Waals surface area (Å²) >= 11 is 0. The number of amides is 1. The molecule has 0 unspecified atom stereocenters. The van der Waals surface area contributed by atoms with E-state index in [1.165, 1.54) is 6.07 Å². The van der Waals surface area contributed by atoms with Crippen LogP contribution in [0.4, 0.5) is 13.2 Å². The van der Waals surface area contributed by atoms with E-state index in [0.29, 0.717) is 4.90 Å². The number of nitrogens with two attached hydrogens (primary N) is 1. The summed E-state index contributed by atoms with van der Waals surface area (Å²) in [5.74, 6) is -1.26. The van der Waals surface area contributed by atoms with Crippen molar-refractivity contribution in [1.82, 2.24) is 14.5 Å². The lowest BCUT2D eigenvalue weighted by atomic mass is 10.2. The van der Waals surface area contributed by atoms with Crippen LogP contribution in [0.5, 0.6) is 5.88 Å². The predicted molar refractivity (Wildman–Crippen MR) is 83.5 cm³/mol. The SMILES string of the molecule is Cl.[2H]C1([2H])N(CCN)C(=O)c2cc3c(OCC(F)(F)F)nccc3n2C1([2H])[2H]. The molecule has 0 saturated heterocycles. The fraction of sp³-hybridized carbons (Fsp3) is 0.429. The molecule has 0 fully saturated rings. The smallest absolute Gasteiger partial charge is 0.422 e. The number of aryl methyl sites for hydroxylation is 1. The van der Waals surface area contributed by atoms with Crippen LogP contribution in [0.3, 0.4) is 0 Å². The number of carbonyl (C=O) groups is 1. The second kappa shape index (κ2) is 6.86. The van der Waals surface area contributed by atoms with Crippen molar-refractivity contribution in [2.45, 2.75) is 12.7 Å². The van der Waals surface area contributed by atoms with Gasteiger partial charge in [0.2, 0.25) is 5.88 Å². The Labute approximate surface area is 147 Å². The van der Waals surface area contributed by atoms with E-state index < -0.39 is 37.6 Å². The van der Waals surface area contributed by atoms with Crippen molar-refractivity contribution in [3.05, 3.63) is 24.0 Å². The van der Waals surface area contributed by atoms with Crippen molar-refractivity contribution in [3.8, 4) is 5.88 Å². The van der Waals surface area contributed by atoms with Crippen molar-refractivity contribution in [1.29, 1.82) is 0 Å². The predicted octanol–water partition coefficient (Wildman–Crippen LogP) is 1.81. The first-order valence-corrected chi connectivity index (χ1v) is 6.64. The molecular weight excluding hydrogens is 349 g/mol. The second-order valence-electron chi connectivity index (χ2n) is 4.79. The van der Waals surface area contributed by atoms with Gasteiger partial charge < -0.3 is 19.9 Å². The summed E-state index contributed by atoms with van der Waals surface area (Å²) in [5.41, 5.74) is 5.16. The molecule has 10 heteroatoms. The van der Waals surface area contributed by atoms with Crippen LogP contribution in [0.25, 0.3) is 10.9 Å². The van der Waals surface area contributed by atoms with E-state index in [2.05, 4.69) is 9.72 Å². The monoisotopic (exact) mass is 368 g/mol. The summed E-state index contributed by atoms with van der Waals surface area (Å²) in [6.45, 7) is -7.39. The Hall–Kier alpha value is -2.00. The van der Waals surface area contributed by atoms with E-state index in [1.54, 1.807) is 0 Å². The molecule has 3 heterocycles. The summed E-state index contributed by atoms with van der Waals surface area (Å²) in [6.07, 6.45) is -3.51. The minimum Gasteiger partial charge on any atom is -0.468 e. The number of pyridine rings is 1. The normalized spacial score (nSPS) is 21.2. The van der Waals surface area contributed by atoms with Crippen LogP contribution in [-0.4, -0.2) is 52.7 Å². The zero-order valence-corrected chi connectivity index (χ0v) is 12.9. The van der Waals surface area contributed by atoms with E-state index in [0.717, 1.165) is 16.8 Å². The fourth-order valence-electron chi connectivity index (χ4n) is 2.24. The van der Waals surface area contributed by atoms with Gasteiger partial charge in [0.1, 0.15) is 5.69 Å². The molecule has 0 radical (unpaired) electrons. The number of aromatic nitrogens is 2. The topological polar surface area (TPSA) is 73.4 Å². The van der Waals surface area contributed by atoms with Crippen molar-refractivity contribution in [2.24, 2.45) is 5.73 Å². The first kappa shape index (κ1) is 13.3. The summed E-state index contributed by atoms with van der Waals surface area (Å²) in [7, 11) is 0. The number of ether oxygens (including phenoxy) is 1. The number of halogens is 4. The largest absolute Gasteiger partial charge is 0.468 e. The molecule has 2 aromatic heterocycles. The Bertz CT molecular complexity index is 907. The van der Waals surface area contributed by atoms with Gasteiger partial charge in [0, 0.05) is 32.3 Å². The molecule has 0 saturated carbocycles. The van der Waals surface area contributed by atoms with Crippen LogP contribution in [-0.2, 0) is 6.50 Å². The lowest BCUT2D eigenvalue weighted by Crippen LogP contribution is -2.42. The average molecular weight is 369 g/mol. The molecule has 0 aliphatic carbocycles. The molecule has 3 rings (SSSR count). The maximum absolute atomic E-state index is 12.7. The highest BCUT2D eigenvalue weighted by molar-refractivity contribution is 6.00. The van der Waals surface area contributed by atoms with Gasteiger partial charge in [-0.25, -0.2) is 4.98 Å². The molecule has 1 amide bonds. The zero-order chi connectivity index (χ0) is 20.2. The average Bonchev–Trinajstić information content (AvgIpc) is 2.96. The summed E-state index contributed by atoms with van der Waals surface area (Å²) < 4.78 is 75.6. The number of fused-ring (bicyclic) bond motifs is 3. The summed E-state index contributed by atoms with van der Waals surface area (Å²) in [4.78, 5) is 17.1. The van der Waals surface area contributed by atoms with E-state index >= 15 is 0 Å². The number of rotatable bonds is 4. The van der Waals surface area contributed by atoms with Crippen LogP contribution in [0.1, 0.15) is 16.0 Å². The Morgan fingerprint density at radius 3 is 2.83 bits per heavy atom. The lowest BCUT2D eigenvalue weighted by Gasteiger charge is -2.28. The van der Waals surface area contributed by atoms with Gasteiger partial charge in [0.15, 0.2) is 6.61 Å². The van der Waals surface area contributed by atoms with E-state index in [-0.39, 0.29) is 42.1 Å². The molecule has 1 aliphatic heterocycles. The highest BCUT2D eigenvalue weighted by atomic mass is 35.5. The van der Waals surface area contributed by atoms with Gasteiger partial charge in [-0.2, -0.15) is 13.2 Å². The van der Waals surface area contributed by atoms with Crippen molar-refractivity contribution < 1.29 is 28.2 Å². The highest BCUT2D eigenvalue weighted by Crippen LogP contribution is 2.30. The Kier molecular flexibility index (Phi) is 3.80. The Balaban J connectivity index is 0.00000280. The highest BCUT2D eigenvalue weighted by Gasteiger charge is 2.30. The first-order chi connectivity index (χ1) is 12.4. The number of hydrogen-bond acceptors (Lipinski definition) is 4. The van der Waals surface area contributed by atoms with Gasteiger partial charge >= 0.3 is 6.18 Å². The molecule has 132 valence electrons. The molecule has 0 bridgehead atoms. The molecular formula is C14H16ClF3N4O2. The van der Waals surface area contributed by atoms with Crippen LogP contribution in [0.15, 0.2) is 18.3 Å². The van der Waals surface area contributed by atoms with Gasteiger partial charge in [-0.3, -0.25) is 4.79 Å². The van der Waals surface area contributed by atoms with Crippen LogP contribution in [0, 0.1) is 0 Å². The lowest BCUT2D eigenvalue weighted by molar-refractivity contribution is -0.153. The van der Waals surface area contributed by atoms with Crippen LogP contribution in [0.2, 0.25) is 0 Å². The standard InChI is InChI=1S/C14H15F3N4O2.ClH/c15-14(16,17)8-23-12-9-7-11-13(22)20(4-2-18)5-6-21(11)10(9)1-3-19-12;/h1,3,7H,2,4-6,8,18H2;1H/i5D2,6D2;. The van der Waals surface area contributed by atoms with Crippen LogP contribution < -0.4 is 10.5 Å². The van der Waals surface area contributed by atoms with Gasteiger partial charge in [-0.05, 0) is 12.1 Å². The Morgan fingerprint density at radius 1 is 1.42 bits per heavy atom. The van der Waals surface area contributed by atoms with Crippen molar-refractivity contribution in [3.63, 3.8) is 0 Å². The summed E-state index contributed by atoms with van der Waals surface area (Å²) in [5, 5.41) is -0.0284.